The Kier molecular flexibility index (Phi) is 5.67. The van der Waals surface area contributed by atoms with Gasteiger partial charge in [0.2, 0.25) is 11.8 Å². The van der Waals surface area contributed by atoms with E-state index in [-0.39, 0.29) is 36.1 Å². The number of rotatable bonds is 5. The molecule has 2 saturated heterocycles. The molecule has 7 nitrogen and oxygen atoms in total. The number of benzene rings is 2. The number of methoxy groups -OCH3 is 2. The quantitative estimate of drug-likeness (QED) is 0.689. The monoisotopic (exact) mass is 422 g/mol. The van der Waals surface area contributed by atoms with E-state index in [0.717, 1.165) is 18.4 Å². The lowest BCUT2D eigenvalue weighted by atomic mass is 10.0. The van der Waals surface area contributed by atoms with Gasteiger partial charge in [-0.05, 0) is 49.2 Å². The first-order chi connectivity index (χ1) is 14.9. The van der Waals surface area contributed by atoms with Crippen LogP contribution in [0.5, 0.6) is 11.5 Å². The van der Waals surface area contributed by atoms with Gasteiger partial charge in [0.25, 0.3) is 5.91 Å². The minimum atomic E-state index is -0.338. The van der Waals surface area contributed by atoms with E-state index < -0.39 is 0 Å². The molecule has 4 rings (SSSR count). The summed E-state index contributed by atoms with van der Waals surface area (Å²) in [5.74, 6) is 0.479. The van der Waals surface area contributed by atoms with Crippen molar-refractivity contribution >= 4 is 23.4 Å². The Hall–Kier alpha value is -3.35. The molecule has 0 bridgehead atoms. The number of hydrogen-bond acceptors (Lipinski definition) is 5. The molecular weight excluding hydrogens is 396 g/mol. The van der Waals surface area contributed by atoms with Crippen LogP contribution in [-0.2, 0) is 9.59 Å². The van der Waals surface area contributed by atoms with Crippen molar-refractivity contribution in [1.82, 2.24) is 4.90 Å². The van der Waals surface area contributed by atoms with Crippen molar-refractivity contribution in [2.24, 2.45) is 5.92 Å². The summed E-state index contributed by atoms with van der Waals surface area (Å²) in [5.41, 5.74) is 1.80. The van der Waals surface area contributed by atoms with E-state index in [2.05, 4.69) is 0 Å². The van der Waals surface area contributed by atoms with Gasteiger partial charge >= 0.3 is 0 Å². The minimum Gasteiger partial charge on any atom is -0.497 e. The standard InChI is InChI=1S/C24H26N2O5/c1-15-12-22(27)26(23(15)28)17-7-4-6-16(13-17)24(29)25-11-5-8-20(25)19-14-18(30-2)9-10-21(19)31-3/h4,6-7,9-10,13-15,20H,5,8,11-12H2,1-3H3/t15-,20+/m0/s1. The Labute approximate surface area is 181 Å². The van der Waals surface area contributed by atoms with Crippen LogP contribution in [0.2, 0.25) is 0 Å². The SMILES string of the molecule is COc1ccc(OC)c([C@H]2CCCN2C(=O)c2cccc(N3C(=O)C[C@H](C)C3=O)c2)c1. The molecule has 0 saturated carbocycles. The molecule has 2 aliphatic heterocycles. The predicted octanol–water partition coefficient (Wildman–Crippen LogP) is 3.58. The van der Waals surface area contributed by atoms with Crippen LogP contribution >= 0.6 is 0 Å². The van der Waals surface area contributed by atoms with Crippen LogP contribution in [0.25, 0.3) is 0 Å². The zero-order valence-corrected chi connectivity index (χ0v) is 18.0. The second-order valence-corrected chi connectivity index (χ2v) is 7.99. The van der Waals surface area contributed by atoms with E-state index >= 15 is 0 Å². The lowest BCUT2D eigenvalue weighted by molar-refractivity contribution is -0.122. The van der Waals surface area contributed by atoms with E-state index in [1.54, 1.807) is 45.4 Å². The molecular formula is C24H26N2O5. The van der Waals surface area contributed by atoms with E-state index in [0.29, 0.717) is 29.3 Å². The second kappa shape index (κ2) is 8.41. The second-order valence-electron chi connectivity index (χ2n) is 7.99. The highest BCUT2D eigenvalue weighted by atomic mass is 16.5. The van der Waals surface area contributed by atoms with E-state index in [9.17, 15) is 14.4 Å². The van der Waals surface area contributed by atoms with E-state index in [1.165, 1.54) is 4.90 Å². The van der Waals surface area contributed by atoms with Crippen molar-refractivity contribution in [2.45, 2.75) is 32.2 Å². The van der Waals surface area contributed by atoms with Gasteiger partial charge in [0, 0.05) is 30.0 Å². The highest BCUT2D eigenvalue weighted by Gasteiger charge is 2.37. The maximum atomic E-state index is 13.4. The molecule has 31 heavy (non-hydrogen) atoms. The molecule has 2 fully saturated rings. The third kappa shape index (κ3) is 3.76. The van der Waals surface area contributed by atoms with Gasteiger partial charge < -0.3 is 14.4 Å². The smallest absolute Gasteiger partial charge is 0.254 e. The van der Waals surface area contributed by atoms with Gasteiger partial charge in [-0.3, -0.25) is 19.3 Å². The van der Waals surface area contributed by atoms with Crippen molar-refractivity contribution < 1.29 is 23.9 Å². The molecule has 2 aliphatic rings. The number of hydrogen-bond donors (Lipinski definition) is 0. The van der Waals surface area contributed by atoms with E-state index in [4.69, 9.17) is 9.47 Å². The molecule has 7 heteroatoms. The highest BCUT2D eigenvalue weighted by molar-refractivity contribution is 6.21. The zero-order valence-electron chi connectivity index (χ0n) is 18.0. The Balaban J connectivity index is 1.64. The number of nitrogens with zero attached hydrogens (tertiary/aromatic N) is 2. The molecule has 2 atom stereocenters. The number of amides is 3. The highest BCUT2D eigenvalue weighted by Crippen LogP contribution is 2.40. The molecule has 0 aliphatic carbocycles. The molecule has 2 aromatic rings. The van der Waals surface area contributed by atoms with Gasteiger partial charge in [0.15, 0.2) is 0 Å². The third-order valence-electron chi connectivity index (χ3n) is 6.03. The van der Waals surface area contributed by atoms with Crippen LogP contribution in [0.15, 0.2) is 42.5 Å². The average molecular weight is 422 g/mol. The van der Waals surface area contributed by atoms with Crippen LogP contribution < -0.4 is 14.4 Å². The number of carbonyl (C=O) groups excluding carboxylic acids is 3. The molecule has 0 aromatic heterocycles. The number of ether oxygens (including phenoxy) is 2. The van der Waals surface area contributed by atoms with Crippen molar-refractivity contribution in [3.05, 3.63) is 53.6 Å². The van der Waals surface area contributed by atoms with Crippen LogP contribution in [0, 0.1) is 5.92 Å². The topological polar surface area (TPSA) is 76.2 Å². The predicted molar refractivity (Wildman–Crippen MR) is 115 cm³/mol. The fraction of sp³-hybridized carbons (Fsp3) is 0.375. The Morgan fingerprint density at radius 3 is 2.55 bits per heavy atom. The van der Waals surface area contributed by atoms with Gasteiger partial charge in [-0.15, -0.1) is 0 Å². The number of imide groups is 1. The van der Waals surface area contributed by atoms with Crippen LogP contribution in [0.1, 0.15) is 48.1 Å². The summed E-state index contributed by atoms with van der Waals surface area (Å²) in [7, 11) is 3.22. The number of likely N-dealkylation sites (tertiary alicyclic amines) is 1. The molecule has 0 N–H and O–H groups in total. The summed E-state index contributed by atoms with van der Waals surface area (Å²) in [6.45, 7) is 2.36. The first-order valence-electron chi connectivity index (χ1n) is 10.4. The Morgan fingerprint density at radius 2 is 1.87 bits per heavy atom. The fourth-order valence-electron chi connectivity index (χ4n) is 4.43. The van der Waals surface area contributed by atoms with Crippen molar-refractivity contribution in [2.75, 3.05) is 25.7 Å². The summed E-state index contributed by atoms with van der Waals surface area (Å²) in [6, 6.07) is 12.2. The van der Waals surface area contributed by atoms with Crippen LogP contribution in [0.4, 0.5) is 5.69 Å². The van der Waals surface area contributed by atoms with E-state index in [1.807, 2.05) is 23.1 Å². The molecule has 162 valence electrons. The summed E-state index contributed by atoms with van der Waals surface area (Å²) in [4.78, 5) is 41.1. The average Bonchev–Trinajstić information content (AvgIpc) is 3.37. The summed E-state index contributed by atoms with van der Waals surface area (Å²) < 4.78 is 10.9. The van der Waals surface area contributed by atoms with Crippen molar-refractivity contribution in [1.29, 1.82) is 0 Å². The summed E-state index contributed by atoms with van der Waals surface area (Å²) in [6.07, 6.45) is 1.88. The Morgan fingerprint density at radius 1 is 1.06 bits per heavy atom. The molecule has 0 unspecified atom stereocenters. The Bertz CT molecular complexity index is 1030. The maximum Gasteiger partial charge on any atom is 0.254 e. The van der Waals surface area contributed by atoms with Gasteiger partial charge in [-0.1, -0.05) is 13.0 Å². The minimum absolute atomic E-state index is 0.138. The van der Waals surface area contributed by atoms with Crippen LogP contribution in [0.3, 0.4) is 0 Å². The fourth-order valence-corrected chi connectivity index (χ4v) is 4.43. The number of carbonyl (C=O) groups is 3. The van der Waals surface area contributed by atoms with Gasteiger partial charge in [-0.2, -0.15) is 0 Å². The third-order valence-corrected chi connectivity index (χ3v) is 6.03. The first kappa shape index (κ1) is 20.9. The number of anilines is 1. The van der Waals surface area contributed by atoms with Crippen LogP contribution in [-0.4, -0.2) is 43.4 Å². The lowest BCUT2D eigenvalue weighted by Crippen LogP contribution is -2.32. The van der Waals surface area contributed by atoms with Crippen molar-refractivity contribution in [3.8, 4) is 11.5 Å². The first-order valence-corrected chi connectivity index (χ1v) is 10.4. The van der Waals surface area contributed by atoms with Gasteiger partial charge in [-0.25, -0.2) is 0 Å². The van der Waals surface area contributed by atoms with Crippen molar-refractivity contribution in [3.63, 3.8) is 0 Å². The maximum absolute atomic E-state index is 13.4. The lowest BCUT2D eigenvalue weighted by Gasteiger charge is -2.27. The molecule has 2 aromatic carbocycles. The molecule has 3 amide bonds. The molecule has 0 radical (unpaired) electrons. The zero-order chi connectivity index (χ0) is 22.1. The largest absolute Gasteiger partial charge is 0.497 e. The summed E-state index contributed by atoms with van der Waals surface area (Å²) in [5, 5.41) is 0. The normalized spacial score (nSPS) is 21.0. The molecule has 2 heterocycles. The molecule has 0 spiro atoms. The summed E-state index contributed by atoms with van der Waals surface area (Å²) >= 11 is 0. The van der Waals surface area contributed by atoms with Gasteiger partial charge in [0.05, 0.1) is 25.9 Å². The van der Waals surface area contributed by atoms with Gasteiger partial charge in [0.1, 0.15) is 11.5 Å².